The summed E-state index contributed by atoms with van der Waals surface area (Å²) >= 11 is 6.16. The number of hydrogen-bond acceptors (Lipinski definition) is 2. The van der Waals surface area contributed by atoms with Gasteiger partial charge in [-0.3, -0.25) is 4.68 Å². The Hall–Kier alpha value is -0.700. The molecular weight excluding hydrogens is 186 g/mol. The van der Waals surface area contributed by atoms with Crippen LogP contribution >= 0.6 is 11.6 Å². The Labute approximate surface area is 84.3 Å². The van der Waals surface area contributed by atoms with Gasteiger partial charge in [0.05, 0.1) is 11.9 Å². The maximum Gasteiger partial charge on any atom is 0.109 e. The van der Waals surface area contributed by atoms with Crippen molar-refractivity contribution in [2.45, 2.75) is 32.3 Å². The van der Waals surface area contributed by atoms with Crippen molar-refractivity contribution in [2.24, 2.45) is 0 Å². The Balaban J connectivity index is 2.83. The first-order chi connectivity index (χ1) is 5.95. The van der Waals surface area contributed by atoms with Crippen molar-refractivity contribution < 1.29 is 0 Å². The van der Waals surface area contributed by atoms with Gasteiger partial charge in [-0.05, 0) is 20.8 Å². The molecule has 0 spiro atoms. The Morgan fingerprint density at radius 1 is 1.62 bits per heavy atom. The van der Waals surface area contributed by atoms with Gasteiger partial charge in [-0.25, -0.2) is 0 Å². The number of nitrogens with zero attached hydrogens (tertiary/aromatic N) is 3. The van der Waals surface area contributed by atoms with Crippen LogP contribution in [0.4, 0.5) is 5.69 Å². The Kier molecular flexibility index (Phi) is 2.86. The molecule has 0 unspecified atom stereocenters. The Morgan fingerprint density at radius 3 is 2.62 bits per heavy atom. The highest BCUT2D eigenvalue weighted by atomic mass is 35.5. The average Bonchev–Trinajstić information content (AvgIpc) is 2.48. The molecule has 1 aromatic heterocycles. The smallest absolute Gasteiger partial charge is 0.109 e. The molecule has 4 heteroatoms. The van der Waals surface area contributed by atoms with Crippen molar-refractivity contribution in [3.63, 3.8) is 0 Å². The predicted molar refractivity (Wildman–Crippen MR) is 56.2 cm³/mol. The van der Waals surface area contributed by atoms with Crippen LogP contribution < -0.4 is 4.90 Å². The maximum atomic E-state index is 6.16. The van der Waals surface area contributed by atoms with Crippen molar-refractivity contribution in [3.05, 3.63) is 12.4 Å². The summed E-state index contributed by atoms with van der Waals surface area (Å²) in [5.41, 5.74) is 1.04. The summed E-state index contributed by atoms with van der Waals surface area (Å²) in [7, 11) is 1.96. The summed E-state index contributed by atoms with van der Waals surface area (Å²) in [5.74, 6) is 0. The molecule has 0 amide bonds. The van der Waals surface area contributed by atoms with Crippen LogP contribution in [-0.2, 0) is 6.54 Å². The number of aromatic nitrogens is 2. The number of anilines is 1. The molecule has 0 radical (unpaired) electrons. The fraction of sp³-hybridized carbons (Fsp3) is 0.667. The monoisotopic (exact) mass is 201 g/mol. The van der Waals surface area contributed by atoms with Crippen molar-refractivity contribution in [2.75, 3.05) is 11.9 Å². The molecule has 0 fully saturated rings. The van der Waals surface area contributed by atoms with Gasteiger partial charge in [-0.2, -0.15) is 5.10 Å². The maximum absolute atomic E-state index is 6.16. The zero-order chi connectivity index (χ0) is 10.1. The molecule has 0 aliphatic heterocycles. The minimum Gasteiger partial charge on any atom is -0.354 e. The second kappa shape index (κ2) is 3.58. The van der Waals surface area contributed by atoms with E-state index in [-0.39, 0.29) is 5.00 Å². The van der Waals surface area contributed by atoms with Gasteiger partial charge >= 0.3 is 0 Å². The van der Waals surface area contributed by atoms with Gasteiger partial charge in [0.2, 0.25) is 0 Å². The van der Waals surface area contributed by atoms with E-state index in [9.17, 15) is 0 Å². The summed E-state index contributed by atoms with van der Waals surface area (Å²) in [6.07, 6.45) is 3.82. The third kappa shape index (κ3) is 2.37. The van der Waals surface area contributed by atoms with Crippen LogP contribution in [0.5, 0.6) is 0 Å². The molecule has 1 rings (SSSR count). The van der Waals surface area contributed by atoms with E-state index in [1.54, 1.807) is 0 Å². The second-order valence-electron chi connectivity index (χ2n) is 3.52. The van der Waals surface area contributed by atoms with E-state index in [1.165, 1.54) is 0 Å². The van der Waals surface area contributed by atoms with Crippen molar-refractivity contribution in [1.82, 2.24) is 9.78 Å². The van der Waals surface area contributed by atoms with E-state index in [0.717, 1.165) is 12.2 Å². The number of hydrogen-bond donors (Lipinski definition) is 0. The standard InChI is InChI=1S/C9H16ClN3/c1-5-13-7-8(6-11-13)12(4)9(2,3)10/h6-7H,5H2,1-4H3. The molecule has 0 bridgehead atoms. The second-order valence-corrected chi connectivity index (χ2v) is 4.45. The van der Waals surface area contributed by atoms with Crippen LogP contribution in [0.25, 0.3) is 0 Å². The quantitative estimate of drug-likeness (QED) is 0.553. The Morgan fingerprint density at radius 2 is 2.23 bits per heavy atom. The van der Waals surface area contributed by atoms with Gasteiger partial charge in [0.1, 0.15) is 5.00 Å². The first kappa shape index (κ1) is 10.4. The van der Waals surface area contributed by atoms with Crippen molar-refractivity contribution in [1.29, 1.82) is 0 Å². The van der Waals surface area contributed by atoms with E-state index < -0.39 is 0 Å². The summed E-state index contributed by atoms with van der Waals surface area (Å²) in [6, 6.07) is 0. The molecule has 1 heterocycles. The summed E-state index contributed by atoms with van der Waals surface area (Å²) in [4.78, 5) is 1.62. The van der Waals surface area contributed by atoms with Crippen molar-refractivity contribution in [3.8, 4) is 0 Å². The summed E-state index contributed by atoms with van der Waals surface area (Å²) in [6.45, 7) is 6.86. The number of alkyl halides is 1. The lowest BCUT2D eigenvalue weighted by Crippen LogP contribution is -2.35. The topological polar surface area (TPSA) is 21.1 Å². The molecule has 0 saturated heterocycles. The van der Waals surface area contributed by atoms with Gasteiger partial charge in [0.15, 0.2) is 0 Å². The molecule has 0 atom stereocenters. The van der Waals surface area contributed by atoms with Gasteiger partial charge in [0.25, 0.3) is 0 Å². The van der Waals surface area contributed by atoms with Gasteiger partial charge in [-0.1, -0.05) is 11.6 Å². The van der Waals surface area contributed by atoms with Crippen LogP contribution in [0.2, 0.25) is 0 Å². The molecule has 1 aromatic rings. The minimum absolute atomic E-state index is 0.373. The van der Waals surface area contributed by atoms with Crippen LogP contribution in [0.1, 0.15) is 20.8 Å². The summed E-state index contributed by atoms with van der Waals surface area (Å²) < 4.78 is 1.88. The lowest BCUT2D eigenvalue weighted by atomic mass is 10.3. The fourth-order valence-corrected chi connectivity index (χ4v) is 1.10. The largest absolute Gasteiger partial charge is 0.354 e. The normalized spacial score (nSPS) is 11.8. The average molecular weight is 202 g/mol. The highest BCUT2D eigenvalue weighted by molar-refractivity contribution is 6.24. The van der Waals surface area contributed by atoms with Gasteiger partial charge in [0, 0.05) is 19.8 Å². The zero-order valence-electron chi connectivity index (χ0n) is 8.58. The first-order valence-electron chi connectivity index (χ1n) is 4.40. The predicted octanol–water partition coefficient (Wildman–Crippen LogP) is 2.31. The van der Waals surface area contributed by atoms with E-state index in [0.29, 0.717) is 0 Å². The van der Waals surface area contributed by atoms with Crippen LogP contribution in [0.15, 0.2) is 12.4 Å². The van der Waals surface area contributed by atoms with Crippen molar-refractivity contribution >= 4 is 17.3 Å². The first-order valence-corrected chi connectivity index (χ1v) is 4.78. The molecule has 74 valence electrons. The SMILES string of the molecule is CCn1cc(N(C)C(C)(C)Cl)cn1. The molecule has 3 nitrogen and oxygen atoms in total. The highest BCUT2D eigenvalue weighted by Gasteiger charge is 2.20. The van der Waals surface area contributed by atoms with Crippen LogP contribution in [-0.4, -0.2) is 21.8 Å². The number of rotatable bonds is 3. The van der Waals surface area contributed by atoms with Gasteiger partial charge in [-0.15, -0.1) is 0 Å². The van der Waals surface area contributed by atoms with Crippen LogP contribution in [0.3, 0.4) is 0 Å². The van der Waals surface area contributed by atoms with Gasteiger partial charge < -0.3 is 4.90 Å². The Bertz CT molecular complexity index is 275. The van der Waals surface area contributed by atoms with E-state index >= 15 is 0 Å². The van der Waals surface area contributed by atoms with Crippen LogP contribution in [0, 0.1) is 0 Å². The third-order valence-electron chi connectivity index (χ3n) is 2.13. The molecule has 0 aromatic carbocycles. The lowest BCUT2D eigenvalue weighted by molar-refractivity contribution is 0.655. The molecular formula is C9H16ClN3. The lowest BCUT2D eigenvalue weighted by Gasteiger charge is -2.30. The fourth-order valence-electron chi connectivity index (χ4n) is 1.01. The zero-order valence-corrected chi connectivity index (χ0v) is 9.34. The van der Waals surface area contributed by atoms with E-state index in [1.807, 2.05) is 42.9 Å². The molecule has 0 N–H and O–H groups in total. The number of aryl methyl sites for hydroxylation is 1. The minimum atomic E-state index is -0.373. The van der Waals surface area contributed by atoms with E-state index in [2.05, 4.69) is 12.0 Å². The summed E-state index contributed by atoms with van der Waals surface area (Å²) in [5, 5.41) is 4.19. The molecule has 0 saturated carbocycles. The molecule has 0 aliphatic carbocycles. The van der Waals surface area contributed by atoms with E-state index in [4.69, 9.17) is 11.6 Å². The molecule has 13 heavy (non-hydrogen) atoms. The highest BCUT2D eigenvalue weighted by Crippen LogP contribution is 2.24. The third-order valence-corrected chi connectivity index (χ3v) is 2.38. The molecule has 0 aliphatic rings. The number of halogens is 1.